The molecule has 5 aromatic carbocycles. The third kappa shape index (κ3) is 3.54. The Balaban J connectivity index is 1.60. The highest BCUT2D eigenvalue weighted by Gasteiger charge is 2.14. The van der Waals surface area contributed by atoms with Crippen LogP contribution in [-0.2, 0) is 0 Å². The molecule has 0 amide bonds. The van der Waals surface area contributed by atoms with Crippen molar-refractivity contribution < 1.29 is 0 Å². The minimum Gasteiger partial charge on any atom is -0.247 e. The molecule has 1 heterocycles. The second kappa shape index (κ2) is 7.97. The number of pyridine rings is 1. The fraction of sp³-hybridized carbons (Fsp3) is 0.0625. The summed E-state index contributed by atoms with van der Waals surface area (Å²) in [6, 6.07) is 39.3. The lowest BCUT2D eigenvalue weighted by Gasteiger charge is -2.15. The molecule has 1 aromatic heterocycles. The topological polar surface area (TPSA) is 12.9 Å². The molecule has 1 nitrogen and oxygen atoms in total. The molecule has 0 fully saturated rings. The van der Waals surface area contributed by atoms with E-state index in [-0.39, 0.29) is 0 Å². The average molecular weight is 456 g/mol. The summed E-state index contributed by atoms with van der Waals surface area (Å²) in [5, 5.41) is 6.13. The van der Waals surface area contributed by atoms with Crippen molar-refractivity contribution in [2.45, 2.75) is 0 Å². The maximum absolute atomic E-state index is 5.10. The van der Waals surface area contributed by atoms with Crippen molar-refractivity contribution >= 4 is 51.1 Å². The first-order valence-electron chi connectivity index (χ1n) is 11.6. The number of hydrogen-bond donors (Lipinski definition) is 0. The molecule has 0 aliphatic heterocycles. The Bertz CT molecular complexity index is 1740. The van der Waals surface area contributed by atoms with E-state index in [1.807, 2.05) is 0 Å². The zero-order valence-electron chi connectivity index (χ0n) is 19.5. The van der Waals surface area contributed by atoms with Gasteiger partial charge >= 0.3 is 0 Å². The summed E-state index contributed by atoms with van der Waals surface area (Å²) in [5.74, 6) is 0. The fourth-order valence-corrected chi connectivity index (χ4v) is 5.80. The van der Waals surface area contributed by atoms with Gasteiger partial charge in [0.1, 0.15) is 0 Å². The Morgan fingerprint density at radius 3 is 2.09 bits per heavy atom. The molecule has 0 saturated carbocycles. The molecule has 0 aliphatic rings. The zero-order chi connectivity index (χ0) is 23.3. The summed E-state index contributed by atoms with van der Waals surface area (Å²) in [4.78, 5) is 5.10. The number of nitrogens with zero attached hydrogens (tertiary/aromatic N) is 1. The van der Waals surface area contributed by atoms with Crippen LogP contribution in [0.15, 0.2) is 109 Å². The number of para-hydroxylation sites is 1. The van der Waals surface area contributed by atoms with Gasteiger partial charge < -0.3 is 0 Å². The highest BCUT2D eigenvalue weighted by Crippen LogP contribution is 2.39. The van der Waals surface area contributed by atoms with Gasteiger partial charge in [-0.15, -0.1) is 0 Å². The summed E-state index contributed by atoms with van der Waals surface area (Å²) in [7, 11) is 0. The van der Waals surface area contributed by atoms with Crippen molar-refractivity contribution in [1.29, 1.82) is 0 Å². The third-order valence-electron chi connectivity index (χ3n) is 6.63. The van der Waals surface area contributed by atoms with Crippen LogP contribution in [0.1, 0.15) is 0 Å². The second-order valence-electron chi connectivity index (χ2n) is 9.50. The van der Waals surface area contributed by atoms with Gasteiger partial charge in [-0.25, -0.2) is 4.98 Å². The van der Waals surface area contributed by atoms with Crippen molar-refractivity contribution in [3.63, 3.8) is 0 Å². The first kappa shape index (κ1) is 20.9. The van der Waals surface area contributed by atoms with Crippen LogP contribution < -0.4 is 5.30 Å². The van der Waals surface area contributed by atoms with Crippen LogP contribution in [0.4, 0.5) is 0 Å². The van der Waals surface area contributed by atoms with E-state index < -0.39 is 6.89 Å². The summed E-state index contributed by atoms with van der Waals surface area (Å²) in [5.41, 5.74) is 6.99. The SMILES string of the molecule is C=P(C)(C)c1ccc(-c2cccc(-c3c4ccccc4nc4c3ccc3ccccc34)c2)cc1. The van der Waals surface area contributed by atoms with Crippen LogP contribution >= 0.6 is 6.89 Å². The van der Waals surface area contributed by atoms with Crippen LogP contribution in [-0.4, -0.2) is 24.6 Å². The molecule has 0 radical (unpaired) electrons. The Morgan fingerprint density at radius 1 is 0.588 bits per heavy atom. The smallest absolute Gasteiger partial charge is 0.0794 e. The molecular formula is C32H26NP. The number of aromatic nitrogens is 1. The Hall–Kier alpha value is -3.67. The first-order chi connectivity index (χ1) is 16.5. The van der Waals surface area contributed by atoms with Gasteiger partial charge in [0.15, 0.2) is 0 Å². The predicted molar refractivity (Wildman–Crippen MR) is 153 cm³/mol. The van der Waals surface area contributed by atoms with Crippen LogP contribution in [0, 0.1) is 0 Å². The van der Waals surface area contributed by atoms with Crippen LogP contribution in [0.3, 0.4) is 0 Å². The molecule has 2 heteroatoms. The van der Waals surface area contributed by atoms with Gasteiger partial charge in [-0.1, -0.05) is 110 Å². The van der Waals surface area contributed by atoms with E-state index in [0.717, 1.165) is 11.0 Å². The minimum atomic E-state index is -1.27. The maximum Gasteiger partial charge on any atom is 0.0794 e. The van der Waals surface area contributed by atoms with E-state index >= 15 is 0 Å². The number of hydrogen-bond acceptors (Lipinski definition) is 1. The maximum atomic E-state index is 5.10. The van der Waals surface area contributed by atoms with Gasteiger partial charge in [-0.2, -0.15) is 0 Å². The molecule has 34 heavy (non-hydrogen) atoms. The van der Waals surface area contributed by atoms with Crippen LogP contribution in [0.25, 0.3) is 54.8 Å². The highest BCUT2D eigenvalue weighted by molar-refractivity contribution is 7.79. The van der Waals surface area contributed by atoms with Crippen molar-refractivity contribution in [2.24, 2.45) is 0 Å². The molecule has 0 bridgehead atoms. The van der Waals surface area contributed by atoms with Gasteiger partial charge in [0.05, 0.1) is 11.0 Å². The van der Waals surface area contributed by atoms with Gasteiger partial charge in [-0.3, -0.25) is 0 Å². The molecule has 6 aromatic rings. The van der Waals surface area contributed by atoms with Crippen molar-refractivity contribution in [3.8, 4) is 22.3 Å². The van der Waals surface area contributed by atoms with E-state index in [1.165, 1.54) is 49.1 Å². The monoisotopic (exact) mass is 455 g/mol. The lowest BCUT2D eigenvalue weighted by Crippen LogP contribution is -2.01. The van der Waals surface area contributed by atoms with Crippen molar-refractivity contribution in [2.75, 3.05) is 13.3 Å². The Labute approximate surface area is 200 Å². The Kier molecular flexibility index (Phi) is 4.90. The largest absolute Gasteiger partial charge is 0.247 e. The summed E-state index contributed by atoms with van der Waals surface area (Å²) in [6.45, 7) is 3.24. The van der Waals surface area contributed by atoms with Gasteiger partial charge in [0.2, 0.25) is 0 Å². The number of fused-ring (bicyclic) bond motifs is 4. The summed E-state index contributed by atoms with van der Waals surface area (Å²) < 4.78 is 0. The second-order valence-corrected chi connectivity index (χ2v) is 13.4. The Morgan fingerprint density at radius 2 is 1.29 bits per heavy atom. The first-order valence-corrected chi connectivity index (χ1v) is 14.5. The fourth-order valence-electron chi connectivity index (χ4n) is 4.85. The molecule has 6 rings (SSSR count). The number of rotatable bonds is 3. The van der Waals surface area contributed by atoms with E-state index in [1.54, 1.807) is 0 Å². The molecule has 0 saturated heterocycles. The van der Waals surface area contributed by atoms with E-state index in [2.05, 4.69) is 129 Å². The molecule has 0 aliphatic carbocycles. The molecular weight excluding hydrogens is 429 g/mol. The molecule has 0 atom stereocenters. The van der Waals surface area contributed by atoms with Gasteiger partial charge in [0.25, 0.3) is 0 Å². The van der Waals surface area contributed by atoms with Crippen LogP contribution in [0.2, 0.25) is 0 Å². The summed E-state index contributed by atoms with van der Waals surface area (Å²) in [6.07, 6.45) is 4.38. The molecule has 0 unspecified atom stereocenters. The third-order valence-corrected chi connectivity index (χ3v) is 8.32. The standard InChI is InChI=1S/C32H26NP/c1-34(2,3)26-18-15-22(16-19-26)24-10-8-11-25(21-24)31-28-13-6-7-14-30(28)33-32-27-12-5-4-9-23(27)17-20-29(31)32/h4-21H,1H2,2-3H3. The van der Waals surface area contributed by atoms with E-state index in [0.29, 0.717) is 0 Å². The quantitative estimate of drug-likeness (QED) is 0.149. The van der Waals surface area contributed by atoms with Crippen LogP contribution in [0.5, 0.6) is 0 Å². The lowest BCUT2D eigenvalue weighted by atomic mass is 9.92. The van der Waals surface area contributed by atoms with Gasteiger partial charge in [-0.05, 0) is 52.8 Å². The zero-order valence-corrected chi connectivity index (χ0v) is 20.4. The van der Waals surface area contributed by atoms with Crippen molar-refractivity contribution in [1.82, 2.24) is 4.98 Å². The normalized spacial score (nSPS) is 11.9. The minimum absolute atomic E-state index is 1.03. The van der Waals surface area contributed by atoms with E-state index in [4.69, 9.17) is 4.98 Å². The number of benzene rings is 5. The van der Waals surface area contributed by atoms with Gasteiger partial charge in [0, 0.05) is 21.7 Å². The molecule has 0 spiro atoms. The highest BCUT2D eigenvalue weighted by atomic mass is 31.2. The van der Waals surface area contributed by atoms with Crippen molar-refractivity contribution in [3.05, 3.63) is 109 Å². The molecule has 164 valence electrons. The van der Waals surface area contributed by atoms with E-state index in [9.17, 15) is 0 Å². The lowest BCUT2D eigenvalue weighted by molar-refractivity contribution is 1.51. The predicted octanol–water partition coefficient (Wildman–Crippen LogP) is 8.21. The average Bonchev–Trinajstić information content (AvgIpc) is 2.87. The molecule has 0 N–H and O–H groups in total. The summed E-state index contributed by atoms with van der Waals surface area (Å²) >= 11 is 0.